The number of carbonyl (C=O) groups excluding carboxylic acids is 2. The third-order valence-electron chi connectivity index (χ3n) is 14.6. The smallest absolute Gasteiger partial charge is 0.410 e. The Labute approximate surface area is 426 Å². The summed E-state index contributed by atoms with van der Waals surface area (Å²) in [5.41, 5.74) is 4.65. The number of anilines is 2. The molecule has 1 N–H and O–H groups in total. The lowest BCUT2D eigenvalue weighted by atomic mass is 10.0. The highest BCUT2D eigenvalue weighted by Crippen LogP contribution is 2.40. The molecular weight excluding hydrogens is 952 g/mol. The van der Waals surface area contributed by atoms with Crippen LogP contribution in [0.2, 0.25) is 10.0 Å². The van der Waals surface area contributed by atoms with Crippen molar-refractivity contribution in [2.24, 2.45) is 35.5 Å². The monoisotopic (exact) mass is 1020 g/mol. The van der Waals surface area contributed by atoms with Crippen LogP contribution in [0.15, 0.2) is 65.6 Å². The van der Waals surface area contributed by atoms with Gasteiger partial charge in [-0.3, -0.25) is 14.0 Å². The maximum absolute atomic E-state index is 12.7. The fourth-order valence-corrected chi connectivity index (χ4v) is 12.9. The minimum absolute atomic E-state index is 0.0920. The highest BCUT2D eigenvalue weighted by molar-refractivity contribution is 7.86. The molecule has 3 aromatic carbocycles. The molecule has 6 heterocycles. The van der Waals surface area contributed by atoms with Crippen LogP contribution in [0.5, 0.6) is 0 Å². The topological polar surface area (TPSA) is 136 Å². The molecule has 0 spiro atoms. The Bertz CT molecular complexity index is 2400. The number of hydrogen-bond donors (Lipinski definition) is 1. The van der Waals surface area contributed by atoms with E-state index in [1.54, 1.807) is 24.3 Å². The molecule has 0 radical (unpaired) electrons. The largest absolute Gasteiger partial charge is 0.444 e. The van der Waals surface area contributed by atoms with E-state index in [9.17, 15) is 23.1 Å². The Morgan fingerprint density at radius 2 is 1.03 bits per heavy atom. The first-order valence-corrected chi connectivity index (χ1v) is 27.3. The predicted octanol–water partition coefficient (Wildman–Crippen LogP) is 8.64. The van der Waals surface area contributed by atoms with E-state index in [0.29, 0.717) is 41.2 Å². The zero-order valence-corrected chi connectivity index (χ0v) is 44.4. The molecule has 6 aliphatic rings. The molecule has 14 nitrogen and oxygen atoms in total. The van der Waals surface area contributed by atoms with Gasteiger partial charge in [0.25, 0.3) is 10.1 Å². The van der Waals surface area contributed by atoms with Gasteiger partial charge in [-0.25, -0.2) is 9.59 Å². The number of fused-ring (bicyclic) bond motifs is 2. The molecule has 9 rings (SSSR count). The van der Waals surface area contributed by atoms with E-state index in [4.69, 9.17) is 36.9 Å². The number of hydrogen-bond acceptors (Lipinski definition) is 12. The first-order valence-electron chi connectivity index (χ1n) is 25.1. The van der Waals surface area contributed by atoms with E-state index in [1.807, 2.05) is 82.5 Å². The highest BCUT2D eigenvalue weighted by Gasteiger charge is 2.44. The molecule has 384 valence electrons. The average molecular weight is 1030 g/mol. The van der Waals surface area contributed by atoms with Crippen LogP contribution in [0.1, 0.15) is 71.1 Å². The summed E-state index contributed by atoms with van der Waals surface area (Å²) in [6.45, 7) is 25.6. The molecule has 2 amide bonds. The zero-order chi connectivity index (χ0) is 50.1. The van der Waals surface area contributed by atoms with Gasteiger partial charge in [0.1, 0.15) is 11.2 Å². The maximum Gasteiger partial charge on any atom is 0.410 e. The number of carbonyl (C=O) groups is 2. The number of ether oxygens (including phenoxy) is 2. The fourth-order valence-electron chi connectivity index (χ4n) is 11.3. The zero-order valence-electron chi connectivity index (χ0n) is 42.1. The van der Waals surface area contributed by atoms with Crippen LogP contribution in [0.25, 0.3) is 0 Å². The number of para-hydroxylation sites is 2. The van der Waals surface area contributed by atoms with Crippen molar-refractivity contribution in [3.8, 4) is 0 Å². The van der Waals surface area contributed by atoms with Gasteiger partial charge in [0.2, 0.25) is 0 Å². The van der Waals surface area contributed by atoms with Crippen molar-refractivity contribution in [1.82, 2.24) is 19.6 Å². The van der Waals surface area contributed by atoms with Crippen LogP contribution in [0.3, 0.4) is 0 Å². The third kappa shape index (κ3) is 13.0. The number of nitrogens with zero attached hydrogens (tertiary/aromatic N) is 6. The Kier molecular flexibility index (Phi) is 16.3. The number of halogens is 2. The van der Waals surface area contributed by atoms with Crippen molar-refractivity contribution in [2.75, 3.05) is 102 Å². The minimum Gasteiger partial charge on any atom is -0.444 e. The van der Waals surface area contributed by atoms with Gasteiger partial charge >= 0.3 is 12.2 Å². The van der Waals surface area contributed by atoms with Gasteiger partial charge in [0.15, 0.2) is 0 Å². The lowest BCUT2D eigenvalue weighted by Gasteiger charge is -2.27. The van der Waals surface area contributed by atoms with Crippen LogP contribution in [-0.2, 0) is 36.9 Å². The Morgan fingerprint density at radius 1 is 0.614 bits per heavy atom. The van der Waals surface area contributed by atoms with Gasteiger partial charge < -0.3 is 34.2 Å². The number of benzene rings is 3. The number of aliphatic hydroxyl groups is 1. The summed E-state index contributed by atoms with van der Waals surface area (Å²) in [5, 5.41) is 11.0. The van der Waals surface area contributed by atoms with E-state index < -0.39 is 21.3 Å². The van der Waals surface area contributed by atoms with Crippen molar-refractivity contribution >= 4 is 56.9 Å². The molecule has 3 aromatic rings. The van der Waals surface area contributed by atoms with E-state index >= 15 is 0 Å². The molecule has 0 aliphatic carbocycles. The number of rotatable bonds is 11. The molecule has 6 aliphatic heterocycles. The van der Waals surface area contributed by atoms with Crippen LogP contribution < -0.4 is 9.80 Å². The van der Waals surface area contributed by atoms with Crippen molar-refractivity contribution < 1.29 is 36.8 Å². The quantitative estimate of drug-likeness (QED) is 0.184. The van der Waals surface area contributed by atoms with E-state index in [2.05, 4.69) is 31.7 Å². The van der Waals surface area contributed by atoms with Crippen LogP contribution in [-0.4, -0.2) is 148 Å². The predicted molar refractivity (Wildman–Crippen MR) is 275 cm³/mol. The normalized spacial score (nSPS) is 25.1. The molecule has 0 aromatic heterocycles. The Hall–Kier alpha value is -3.83. The number of aryl methyl sites for hydroxylation is 1. The standard InChI is InChI=1S/C30H40ClN3O5S.C23H34ClN3O3/c1-21-8-10-26(11-9-21)40(36,37)38-20-22-12-13-33(14-22)28-23(6-5-7-27(28)31)15-32-16-24-18-34(19-25(24)17-32)29(35)39-30(2,3)4;1-23(2,3)30-22(29)27-13-18-11-25(12-19(18)14-27)10-17-5-4-6-20(24)21(17)26-8-7-16(9-26)15-28/h5-11,22,24-25H,12-20H2,1-4H3;4-6,16,18-19,28H,7-15H2,1-3H3/t22-,24?,25?;16-,18?,19?/m00/s1. The second-order valence-electron chi connectivity index (χ2n) is 22.6. The highest BCUT2D eigenvalue weighted by atomic mass is 35.5. The summed E-state index contributed by atoms with van der Waals surface area (Å²) in [5.74, 6) is 2.32. The van der Waals surface area contributed by atoms with Crippen molar-refractivity contribution in [3.05, 3.63) is 87.4 Å². The van der Waals surface area contributed by atoms with Gasteiger partial charge in [-0.15, -0.1) is 0 Å². The second-order valence-corrected chi connectivity index (χ2v) is 25.1. The number of likely N-dealkylation sites (tertiary alicyclic amines) is 4. The number of amides is 2. The molecule has 70 heavy (non-hydrogen) atoms. The van der Waals surface area contributed by atoms with Gasteiger partial charge in [-0.1, -0.05) is 65.2 Å². The third-order valence-corrected chi connectivity index (χ3v) is 16.5. The summed E-state index contributed by atoms with van der Waals surface area (Å²) in [6.07, 6.45) is 1.44. The summed E-state index contributed by atoms with van der Waals surface area (Å²) in [6, 6.07) is 18.9. The summed E-state index contributed by atoms with van der Waals surface area (Å²) >= 11 is 13.3. The van der Waals surface area contributed by atoms with Gasteiger partial charge in [-0.2, -0.15) is 8.42 Å². The molecule has 6 atom stereocenters. The summed E-state index contributed by atoms with van der Waals surface area (Å²) in [7, 11) is -3.79. The lowest BCUT2D eigenvalue weighted by molar-refractivity contribution is 0.0264. The van der Waals surface area contributed by atoms with E-state index in [-0.39, 0.29) is 36.2 Å². The van der Waals surface area contributed by atoms with Crippen LogP contribution >= 0.6 is 23.2 Å². The van der Waals surface area contributed by atoms with Crippen LogP contribution in [0.4, 0.5) is 21.0 Å². The van der Waals surface area contributed by atoms with E-state index in [0.717, 1.165) is 120 Å². The van der Waals surface area contributed by atoms with Crippen molar-refractivity contribution in [1.29, 1.82) is 0 Å². The Balaban J connectivity index is 0.000000196. The second kappa shape index (κ2) is 21.7. The van der Waals surface area contributed by atoms with Crippen molar-refractivity contribution in [2.45, 2.75) is 90.5 Å². The summed E-state index contributed by atoms with van der Waals surface area (Å²) in [4.78, 5) is 38.4. The fraction of sp³-hybridized carbons (Fsp3) is 0.623. The molecule has 17 heteroatoms. The van der Waals surface area contributed by atoms with Gasteiger partial charge in [0, 0.05) is 110 Å². The number of aliphatic hydroxyl groups excluding tert-OH is 1. The minimum atomic E-state index is -3.79. The van der Waals surface area contributed by atoms with Crippen LogP contribution in [0, 0.1) is 42.4 Å². The first-order chi connectivity index (χ1) is 33.1. The molecular formula is C53H74Cl2N6O8S. The van der Waals surface area contributed by atoms with E-state index in [1.165, 1.54) is 11.1 Å². The first kappa shape index (κ1) is 52.5. The maximum atomic E-state index is 12.7. The SMILES string of the molecule is CC(C)(C)OC(=O)N1CC2CN(Cc3cccc(Cl)c3N3CC[C@H](CO)C3)CC2C1.Cc1ccc(S(=O)(=O)OC[C@H]2CCN(c3c(Cl)cccc3CN3CC4CN(C(=O)OC(C)(C)C)CC4C3)C2)cc1. The molecule has 4 unspecified atom stereocenters. The van der Waals surface area contributed by atoms with Gasteiger partial charge in [0.05, 0.1) is 32.9 Å². The molecule has 0 saturated carbocycles. The molecule has 6 fully saturated rings. The summed E-state index contributed by atoms with van der Waals surface area (Å²) < 4.78 is 41.9. The average Bonchev–Trinajstić information content (AvgIpc) is 4.14. The van der Waals surface area contributed by atoms with Crippen molar-refractivity contribution in [3.63, 3.8) is 0 Å². The lowest BCUT2D eigenvalue weighted by Crippen LogP contribution is -2.37. The Morgan fingerprint density at radius 3 is 1.43 bits per heavy atom. The molecule has 6 saturated heterocycles. The molecule has 0 bridgehead atoms. The van der Waals surface area contributed by atoms with Gasteiger partial charge in [-0.05, 0) is 120 Å².